The average Bonchev–Trinajstić information content (AvgIpc) is 2.68. The molecule has 6 heteroatoms. The molecule has 1 saturated heterocycles. The lowest BCUT2D eigenvalue weighted by Crippen LogP contribution is -2.37. The Morgan fingerprint density at radius 1 is 1.19 bits per heavy atom. The van der Waals surface area contributed by atoms with Gasteiger partial charge in [0.15, 0.2) is 0 Å². The minimum Gasteiger partial charge on any atom is -0.465 e. The zero-order chi connectivity index (χ0) is 18.5. The number of para-hydroxylation sites is 1. The van der Waals surface area contributed by atoms with Crippen LogP contribution in [-0.4, -0.2) is 42.0 Å². The fourth-order valence-corrected chi connectivity index (χ4v) is 3.04. The van der Waals surface area contributed by atoms with Gasteiger partial charge < -0.3 is 15.0 Å². The number of nitrogens with zero attached hydrogens (tertiary/aromatic N) is 2. The van der Waals surface area contributed by atoms with E-state index in [1.54, 1.807) is 36.5 Å². The maximum Gasteiger partial charge on any atom is 0.339 e. The van der Waals surface area contributed by atoms with Crippen molar-refractivity contribution in [2.45, 2.75) is 19.8 Å². The van der Waals surface area contributed by atoms with Crippen LogP contribution < -0.4 is 5.32 Å². The first kappa shape index (κ1) is 17.9. The number of anilines is 2. The van der Waals surface area contributed by atoms with Crippen molar-refractivity contribution in [1.29, 1.82) is 0 Å². The van der Waals surface area contributed by atoms with Crippen molar-refractivity contribution in [1.82, 2.24) is 9.88 Å². The second kappa shape index (κ2) is 7.99. The highest BCUT2D eigenvalue weighted by atomic mass is 16.5. The SMILES string of the molecule is COC(=O)c1ccccc1Nc1cc(C(=O)N2CCC(C)CC2)ccn1. The molecule has 0 aliphatic carbocycles. The van der Waals surface area contributed by atoms with E-state index in [0.29, 0.717) is 28.6 Å². The number of pyridine rings is 1. The third-order valence-electron chi connectivity index (χ3n) is 4.67. The molecule has 0 saturated carbocycles. The molecule has 136 valence electrons. The molecule has 0 atom stereocenters. The van der Waals surface area contributed by atoms with Gasteiger partial charge in [0.2, 0.25) is 0 Å². The summed E-state index contributed by atoms with van der Waals surface area (Å²) in [6.45, 7) is 3.79. The Bertz CT molecular complexity index is 798. The second-order valence-electron chi connectivity index (χ2n) is 6.57. The largest absolute Gasteiger partial charge is 0.465 e. The van der Waals surface area contributed by atoms with Crippen molar-refractivity contribution < 1.29 is 14.3 Å². The molecule has 1 aromatic heterocycles. The Balaban J connectivity index is 1.78. The van der Waals surface area contributed by atoms with Crippen LogP contribution in [0.5, 0.6) is 0 Å². The lowest BCUT2D eigenvalue weighted by atomic mass is 9.99. The summed E-state index contributed by atoms with van der Waals surface area (Å²) in [4.78, 5) is 30.8. The maximum atomic E-state index is 12.7. The predicted molar refractivity (Wildman–Crippen MR) is 99.6 cm³/mol. The Morgan fingerprint density at radius 2 is 1.92 bits per heavy atom. The number of carbonyl (C=O) groups excluding carboxylic acids is 2. The number of hydrogen-bond donors (Lipinski definition) is 1. The third kappa shape index (κ3) is 4.02. The van der Waals surface area contributed by atoms with Gasteiger partial charge in [-0.1, -0.05) is 19.1 Å². The van der Waals surface area contributed by atoms with E-state index >= 15 is 0 Å². The van der Waals surface area contributed by atoms with E-state index in [1.165, 1.54) is 7.11 Å². The Kier molecular flexibility index (Phi) is 5.51. The number of carbonyl (C=O) groups is 2. The first-order chi connectivity index (χ1) is 12.6. The number of esters is 1. The Hall–Kier alpha value is -2.89. The van der Waals surface area contributed by atoms with E-state index in [-0.39, 0.29) is 5.91 Å². The number of piperidine rings is 1. The summed E-state index contributed by atoms with van der Waals surface area (Å²) in [7, 11) is 1.34. The number of aromatic nitrogens is 1. The van der Waals surface area contributed by atoms with Crippen molar-refractivity contribution in [3.63, 3.8) is 0 Å². The molecule has 0 unspecified atom stereocenters. The number of hydrogen-bond acceptors (Lipinski definition) is 5. The van der Waals surface area contributed by atoms with Crippen LogP contribution in [0.2, 0.25) is 0 Å². The molecule has 2 aromatic rings. The lowest BCUT2D eigenvalue weighted by Gasteiger charge is -2.30. The molecule has 0 spiro atoms. The van der Waals surface area contributed by atoms with Crippen LogP contribution in [0.25, 0.3) is 0 Å². The molecule has 3 rings (SSSR count). The van der Waals surface area contributed by atoms with Crippen LogP contribution >= 0.6 is 0 Å². The van der Waals surface area contributed by atoms with E-state index in [0.717, 1.165) is 25.9 Å². The van der Waals surface area contributed by atoms with Gasteiger partial charge in [-0.2, -0.15) is 0 Å². The average molecular weight is 353 g/mol. The van der Waals surface area contributed by atoms with E-state index in [9.17, 15) is 9.59 Å². The monoisotopic (exact) mass is 353 g/mol. The zero-order valence-corrected chi connectivity index (χ0v) is 15.1. The zero-order valence-electron chi connectivity index (χ0n) is 15.1. The van der Waals surface area contributed by atoms with Gasteiger partial charge in [0.05, 0.1) is 18.4 Å². The molecule has 26 heavy (non-hydrogen) atoms. The number of methoxy groups -OCH3 is 1. The van der Waals surface area contributed by atoms with Crippen LogP contribution in [0.4, 0.5) is 11.5 Å². The molecule has 2 heterocycles. The van der Waals surface area contributed by atoms with Crippen LogP contribution in [0.3, 0.4) is 0 Å². The van der Waals surface area contributed by atoms with Gasteiger partial charge in [-0.25, -0.2) is 9.78 Å². The van der Waals surface area contributed by atoms with E-state index < -0.39 is 5.97 Å². The quantitative estimate of drug-likeness (QED) is 0.852. The summed E-state index contributed by atoms with van der Waals surface area (Å²) in [6, 6.07) is 10.5. The lowest BCUT2D eigenvalue weighted by molar-refractivity contribution is 0.0601. The van der Waals surface area contributed by atoms with Crippen LogP contribution in [-0.2, 0) is 4.74 Å². The van der Waals surface area contributed by atoms with Crippen molar-refractivity contribution in [2.24, 2.45) is 5.92 Å². The van der Waals surface area contributed by atoms with E-state index in [4.69, 9.17) is 4.74 Å². The maximum absolute atomic E-state index is 12.7. The van der Waals surface area contributed by atoms with Crippen molar-refractivity contribution in [3.8, 4) is 0 Å². The van der Waals surface area contributed by atoms with Gasteiger partial charge in [-0.3, -0.25) is 4.79 Å². The van der Waals surface area contributed by atoms with E-state index in [1.807, 2.05) is 11.0 Å². The highest BCUT2D eigenvalue weighted by Crippen LogP contribution is 2.22. The van der Waals surface area contributed by atoms with Gasteiger partial charge in [0, 0.05) is 24.8 Å². The Morgan fingerprint density at radius 3 is 2.65 bits per heavy atom. The van der Waals surface area contributed by atoms with Gasteiger partial charge >= 0.3 is 5.97 Å². The van der Waals surface area contributed by atoms with Gasteiger partial charge in [0.1, 0.15) is 5.82 Å². The first-order valence-corrected chi connectivity index (χ1v) is 8.78. The number of nitrogens with one attached hydrogen (secondary N) is 1. The molecule has 1 N–H and O–H groups in total. The fraction of sp³-hybridized carbons (Fsp3) is 0.350. The molecule has 1 aliphatic heterocycles. The molecular weight excluding hydrogens is 330 g/mol. The molecule has 6 nitrogen and oxygen atoms in total. The van der Waals surface area contributed by atoms with E-state index in [2.05, 4.69) is 17.2 Å². The molecule has 0 bridgehead atoms. The molecular formula is C20H23N3O3. The van der Waals surface area contributed by atoms with Crippen molar-refractivity contribution in [2.75, 3.05) is 25.5 Å². The van der Waals surface area contributed by atoms with Crippen LogP contribution in [0.15, 0.2) is 42.6 Å². The molecule has 1 aromatic carbocycles. The predicted octanol–water partition coefficient (Wildman–Crippen LogP) is 3.48. The number of rotatable bonds is 4. The van der Waals surface area contributed by atoms with Gasteiger partial charge in [-0.15, -0.1) is 0 Å². The third-order valence-corrected chi connectivity index (χ3v) is 4.67. The van der Waals surface area contributed by atoms with Crippen molar-refractivity contribution in [3.05, 3.63) is 53.7 Å². The molecule has 1 aliphatic rings. The van der Waals surface area contributed by atoms with Crippen LogP contribution in [0, 0.1) is 5.92 Å². The molecule has 0 radical (unpaired) electrons. The highest BCUT2D eigenvalue weighted by molar-refractivity contribution is 5.97. The smallest absolute Gasteiger partial charge is 0.339 e. The summed E-state index contributed by atoms with van der Waals surface area (Å²) in [6.07, 6.45) is 3.67. The number of likely N-dealkylation sites (tertiary alicyclic amines) is 1. The second-order valence-corrected chi connectivity index (χ2v) is 6.57. The summed E-state index contributed by atoms with van der Waals surface area (Å²) in [5.74, 6) is 0.771. The topological polar surface area (TPSA) is 71.5 Å². The van der Waals surface area contributed by atoms with Gasteiger partial charge in [-0.05, 0) is 43.0 Å². The van der Waals surface area contributed by atoms with Gasteiger partial charge in [0.25, 0.3) is 5.91 Å². The number of benzene rings is 1. The molecule has 1 fully saturated rings. The minimum absolute atomic E-state index is 0.0172. The normalized spacial score (nSPS) is 14.8. The molecule has 1 amide bonds. The minimum atomic E-state index is -0.428. The number of amides is 1. The standard InChI is InChI=1S/C20H23N3O3/c1-14-8-11-23(12-9-14)19(24)15-7-10-21-18(13-15)22-17-6-4-3-5-16(17)20(25)26-2/h3-7,10,13-14H,8-9,11-12H2,1-2H3,(H,21,22). The highest BCUT2D eigenvalue weighted by Gasteiger charge is 2.22. The first-order valence-electron chi connectivity index (χ1n) is 8.78. The van der Waals surface area contributed by atoms with Crippen LogP contribution in [0.1, 0.15) is 40.5 Å². The summed E-state index contributed by atoms with van der Waals surface area (Å²) < 4.78 is 4.80. The summed E-state index contributed by atoms with van der Waals surface area (Å²) >= 11 is 0. The van der Waals surface area contributed by atoms with Crippen molar-refractivity contribution >= 4 is 23.4 Å². The fourth-order valence-electron chi connectivity index (χ4n) is 3.04. The summed E-state index contributed by atoms with van der Waals surface area (Å²) in [5.41, 5.74) is 1.59. The Labute approximate surface area is 153 Å². The number of ether oxygens (including phenoxy) is 1. The summed E-state index contributed by atoms with van der Waals surface area (Å²) in [5, 5.41) is 3.11.